The Labute approximate surface area is 141 Å². The summed E-state index contributed by atoms with van der Waals surface area (Å²) in [5.74, 6) is 0.242. The number of nitrogens with one attached hydrogen (secondary N) is 1. The zero-order valence-corrected chi connectivity index (χ0v) is 14.2. The van der Waals surface area contributed by atoms with Crippen LogP contribution in [0, 0.1) is 0 Å². The summed E-state index contributed by atoms with van der Waals surface area (Å²) in [5.41, 5.74) is 13.2. The van der Waals surface area contributed by atoms with Crippen LogP contribution < -0.4 is 16.5 Å². The number of hydrogen-bond acceptors (Lipinski definition) is 2. The van der Waals surface area contributed by atoms with Gasteiger partial charge in [-0.15, -0.1) is 0 Å². The minimum Gasteiger partial charge on any atom is -0.428 e. The molecule has 3 rings (SSSR count). The van der Waals surface area contributed by atoms with Gasteiger partial charge in [-0.05, 0) is 37.5 Å². The topological polar surface area (TPSA) is 104 Å². The van der Waals surface area contributed by atoms with Gasteiger partial charge in [-0.25, -0.2) is 0 Å². The standard InChI is InChI=1S/C16H18BrN5O/c17-10-4-5-11-12-6-8-20-13(3-1-2-7-21-16(18)19)15(12)22(23)14(11)9-10/h4-6,8-9,23H,1-3,7H2,(H4,18,19,21)/p+1. The lowest BCUT2D eigenvalue weighted by atomic mass is 10.1. The van der Waals surface area contributed by atoms with Crippen LogP contribution in [0.15, 0.2) is 34.9 Å². The molecule has 0 bridgehead atoms. The van der Waals surface area contributed by atoms with Gasteiger partial charge in [0.15, 0.2) is 0 Å². The maximum atomic E-state index is 10.5. The first-order valence-corrected chi connectivity index (χ1v) is 8.26. The maximum absolute atomic E-state index is 10.5. The Morgan fingerprint density at radius 1 is 1.22 bits per heavy atom. The van der Waals surface area contributed by atoms with Gasteiger partial charge in [0, 0.05) is 21.4 Å². The predicted octanol–water partition coefficient (Wildman–Crippen LogP) is 0.866. The van der Waals surface area contributed by atoms with Crippen LogP contribution >= 0.6 is 15.9 Å². The monoisotopic (exact) mass is 376 g/mol. The highest BCUT2D eigenvalue weighted by Gasteiger charge is 2.14. The van der Waals surface area contributed by atoms with Gasteiger partial charge in [0.05, 0.1) is 17.8 Å². The summed E-state index contributed by atoms with van der Waals surface area (Å²) in [7, 11) is 0. The first-order chi connectivity index (χ1) is 11.1. The van der Waals surface area contributed by atoms with Gasteiger partial charge >= 0.3 is 5.96 Å². The molecule has 0 unspecified atom stereocenters. The Balaban J connectivity index is 1.92. The Morgan fingerprint density at radius 3 is 2.83 bits per heavy atom. The second kappa shape index (κ2) is 6.45. The highest BCUT2D eigenvalue weighted by Crippen LogP contribution is 2.31. The zero-order valence-electron chi connectivity index (χ0n) is 12.6. The number of benzene rings is 1. The minimum absolute atomic E-state index is 0.242. The third-order valence-corrected chi connectivity index (χ3v) is 4.35. The van der Waals surface area contributed by atoms with Crippen LogP contribution in [-0.2, 0) is 6.42 Å². The zero-order chi connectivity index (χ0) is 16.4. The molecule has 3 aromatic rings. The van der Waals surface area contributed by atoms with Gasteiger partial charge in [-0.2, -0.15) is 4.73 Å². The smallest absolute Gasteiger partial charge is 0.338 e. The molecular formula is C16H19BrN5O+. The van der Waals surface area contributed by atoms with E-state index in [0.29, 0.717) is 0 Å². The molecule has 0 saturated carbocycles. The van der Waals surface area contributed by atoms with E-state index in [2.05, 4.69) is 25.9 Å². The summed E-state index contributed by atoms with van der Waals surface area (Å²) >= 11 is 3.44. The number of hydrogen-bond donors (Lipinski definition) is 4. The van der Waals surface area contributed by atoms with Crippen molar-refractivity contribution in [2.24, 2.45) is 11.5 Å². The van der Waals surface area contributed by atoms with Gasteiger partial charge in [0.25, 0.3) is 0 Å². The van der Waals surface area contributed by atoms with E-state index in [1.54, 1.807) is 6.20 Å². The van der Waals surface area contributed by atoms with E-state index in [1.807, 2.05) is 24.3 Å². The van der Waals surface area contributed by atoms with Crippen molar-refractivity contribution >= 4 is 43.7 Å². The van der Waals surface area contributed by atoms with E-state index >= 15 is 0 Å². The fourth-order valence-corrected chi connectivity index (χ4v) is 3.16. The fraction of sp³-hybridized carbons (Fsp3) is 0.250. The fourth-order valence-electron chi connectivity index (χ4n) is 2.81. The molecule has 0 spiro atoms. The number of guanidine groups is 1. The van der Waals surface area contributed by atoms with Crippen LogP contribution in [0.5, 0.6) is 0 Å². The van der Waals surface area contributed by atoms with E-state index in [-0.39, 0.29) is 5.96 Å². The van der Waals surface area contributed by atoms with Crippen molar-refractivity contribution in [1.82, 2.24) is 9.71 Å². The first-order valence-electron chi connectivity index (χ1n) is 7.46. The third kappa shape index (κ3) is 3.10. The Hall–Kier alpha value is -2.28. The second-order valence-electron chi connectivity index (χ2n) is 5.47. The predicted molar refractivity (Wildman–Crippen MR) is 94.3 cm³/mol. The van der Waals surface area contributed by atoms with Crippen molar-refractivity contribution < 1.29 is 10.2 Å². The van der Waals surface area contributed by atoms with Gasteiger partial charge in [-0.1, -0.05) is 22.0 Å². The number of rotatable bonds is 5. The SMILES string of the molecule is NC(N)=[NH+]CCCCc1nccc2c3ccc(Br)cc3n(O)c12. The van der Waals surface area contributed by atoms with Crippen molar-refractivity contribution in [3.8, 4) is 0 Å². The Morgan fingerprint density at radius 2 is 2.04 bits per heavy atom. The number of pyridine rings is 1. The van der Waals surface area contributed by atoms with Crippen LogP contribution in [0.25, 0.3) is 21.8 Å². The van der Waals surface area contributed by atoms with Gasteiger partial charge < -0.3 is 5.21 Å². The van der Waals surface area contributed by atoms with Crippen LogP contribution in [0.3, 0.4) is 0 Å². The first kappa shape index (κ1) is 15.6. The number of fused-ring (bicyclic) bond motifs is 3. The molecule has 0 aliphatic carbocycles. The number of nitrogens with zero attached hydrogens (tertiary/aromatic N) is 2. The van der Waals surface area contributed by atoms with Gasteiger partial charge in [0.1, 0.15) is 5.52 Å². The number of halogens is 1. The van der Waals surface area contributed by atoms with Gasteiger partial charge in [-0.3, -0.25) is 21.4 Å². The Kier molecular flexibility index (Phi) is 4.38. The summed E-state index contributed by atoms with van der Waals surface area (Å²) in [6.07, 6.45) is 4.43. The summed E-state index contributed by atoms with van der Waals surface area (Å²) in [6.45, 7) is 0.730. The largest absolute Gasteiger partial charge is 0.428 e. The third-order valence-electron chi connectivity index (χ3n) is 3.86. The summed E-state index contributed by atoms with van der Waals surface area (Å²) in [5, 5.41) is 12.6. The summed E-state index contributed by atoms with van der Waals surface area (Å²) in [6, 6.07) is 7.82. The van der Waals surface area contributed by atoms with E-state index in [4.69, 9.17) is 11.5 Å². The number of aromatic nitrogens is 2. The molecule has 0 aliphatic rings. The molecule has 7 heteroatoms. The van der Waals surface area contributed by atoms with E-state index < -0.39 is 0 Å². The molecule has 2 heterocycles. The van der Waals surface area contributed by atoms with Crippen molar-refractivity contribution in [1.29, 1.82) is 0 Å². The second-order valence-corrected chi connectivity index (χ2v) is 6.38. The van der Waals surface area contributed by atoms with Crippen LogP contribution in [0.4, 0.5) is 0 Å². The van der Waals surface area contributed by atoms with E-state index in [9.17, 15) is 5.21 Å². The molecule has 2 aromatic heterocycles. The van der Waals surface area contributed by atoms with Crippen LogP contribution in [0.1, 0.15) is 18.5 Å². The highest BCUT2D eigenvalue weighted by molar-refractivity contribution is 9.10. The molecule has 23 heavy (non-hydrogen) atoms. The minimum atomic E-state index is 0.242. The maximum Gasteiger partial charge on any atom is 0.338 e. The molecule has 6 nitrogen and oxygen atoms in total. The van der Waals surface area contributed by atoms with Crippen molar-refractivity contribution in [2.45, 2.75) is 19.3 Å². The molecule has 0 atom stereocenters. The molecule has 120 valence electrons. The lowest BCUT2D eigenvalue weighted by Crippen LogP contribution is -2.78. The van der Waals surface area contributed by atoms with Crippen molar-refractivity contribution in [3.05, 3.63) is 40.6 Å². The van der Waals surface area contributed by atoms with Crippen molar-refractivity contribution in [3.63, 3.8) is 0 Å². The van der Waals surface area contributed by atoms with Gasteiger partial charge in [0.2, 0.25) is 0 Å². The molecule has 0 amide bonds. The van der Waals surface area contributed by atoms with Crippen molar-refractivity contribution in [2.75, 3.05) is 6.54 Å². The molecule has 0 fully saturated rings. The number of nitrogens with two attached hydrogens (primary N) is 2. The Bertz CT molecular complexity index is 883. The summed E-state index contributed by atoms with van der Waals surface area (Å²) in [4.78, 5) is 7.35. The molecule has 0 radical (unpaired) electrons. The average molecular weight is 377 g/mol. The highest BCUT2D eigenvalue weighted by atomic mass is 79.9. The molecular weight excluding hydrogens is 358 g/mol. The molecule has 6 N–H and O–H groups in total. The molecule has 1 aromatic carbocycles. The summed E-state index contributed by atoms with van der Waals surface area (Å²) < 4.78 is 2.17. The molecule has 0 saturated heterocycles. The quantitative estimate of drug-likeness (QED) is 0.229. The molecule has 0 aliphatic heterocycles. The lowest BCUT2D eigenvalue weighted by Gasteiger charge is -2.04. The van der Waals surface area contributed by atoms with Crippen LogP contribution in [-0.4, -0.2) is 27.4 Å². The van der Waals surface area contributed by atoms with E-state index in [0.717, 1.165) is 57.8 Å². The number of aryl methyl sites for hydroxylation is 1. The normalized spacial score (nSPS) is 11.2. The average Bonchev–Trinajstić information content (AvgIpc) is 2.80. The van der Waals surface area contributed by atoms with Crippen LogP contribution in [0.2, 0.25) is 0 Å². The van der Waals surface area contributed by atoms with E-state index in [1.165, 1.54) is 4.73 Å². The lowest BCUT2D eigenvalue weighted by molar-refractivity contribution is -0.459. The number of unbranched alkanes of at least 4 members (excludes halogenated alkanes) is 1.